The van der Waals surface area contributed by atoms with Crippen LogP contribution in [-0.4, -0.2) is 56.5 Å². The molecule has 0 radical (unpaired) electrons. The molecule has 156 valence electrons. The zero-order valence-electron chi connectivity index (χ0n) is 17.5. The monoisotopic (exact) mass is 413 g/mol. The second-order valence-corrected chi connectivity index (χ2v) is 8.35. The number of rotatable bonds is 7. The van der Waals surface area contributed by atoms with E-state index < -0.39 is 0 Å². The topological polar surface area (TPSA) is 68.8 Å². The van der Waals surface area contributed by atoms with Gasteiger partial charge in [-0.2, -0.15) is 0 Å². The number of benzene rings is 1. The minimum Gasteiger partial charge on any atom is -0.356 e. The summed E-state index contributed by atoms with van der Waals surface area (Å²) in [6.45, 7) is 6.03. The van der Waals surface area contributed by atoms with Gasteiger partial charge in [0.25, 0.3) is 5.91 Å². The minimum absolute atomic E-state index is 0.0569. The first-order valence-corrected chi connectivity index (χ1v) is 11.0. The lowest BCUT2D eigenvalue weighted by molar-refractivity contribution is 0.0963. The van der Waals surface area contributed by atoms with Crippen molar-refractivity contribution >= 4 is 23.2 Å². The first-order valence-electron chi connectivity index (χ1n) is 10.2. The van der Waals surface area contributed by atoms with Crippen LogP contribution in [0.2, 0.25) is 0 Å². The number of aliphatic imine (C=N–C) groups is 1. The Bertz CT molecular complexity index is 847. The molecule has 1 atom stereocenters. The Labute approximate surface area is 177 Å². The fourth-order valence-corrected chi connectivity index (χ4v) is 4.47. The molecule has 1 amide bonds. The van der Waals surface area contributed by atoms with Crippen LogP contribution in [0.1, 0.15) is 33.3 Å². The van der Waals surface area contributed by atoms with Gasteiger partial charge < -0.3 is 16.0 Å². The van der Waals surface area contributed by atoms with Crippen LogP contribution in [0, 0.1) is 0 Å². The molecule has 2 heterocycles. The molecule has 0 saturated heterocycles. The summed E-state index contributed by atoms with van der Waals surface area (Å²) in [5.74, 6) is 0.756. The fraction of sp³-hybridized carbons (Fsp3) is 0.455. The molecule has 29 heavy (non-hydrogen) atoms. The van der Waals surface area contributed by atoms with Gasteiger partial charge in [0.2, 0.25) is 0 Å². The molecule has 2 aromatic rings. The number of carbonyl (C=O) groups excluding carboxylic acids is 1. The Morgan fingerprint density at radius 2 is 2.17 bits per heavy atom. The van der Waals surface area contributed by atoms with Crippen molar-refractivity contribution in [3.8, 4) is 0 Å². The molecule has 1 aromatic carbocycles. The molecule has 0 aliphatic carbocycles. The largest absolute Gasteiger partial charge is 0.356 e. The van der Waals surface area contributed by atoms with Crippen molar-refractivity contribution in [1.29, 1.82) is 0 Å². The molecule has 0 saturated carbocycles. The number of amides is 1. The van der Waals surface area contributed by atoms with Crippen LogP contribution in [-0.2, 0) is 19.4 Å². The Morgan fingerprint density at radius 1 is 1.31 bits per heavy atom. The summed E-state index contributed by atoms with van der Waals surface area (Å²) in [4.78, 5) is 20.2. The number of hydrogen-bond donors (Lipinski definition) is 3. The molecule has 1 aliphatic heterocycles. The molecule has 7 heteroatoms. The third-order valence-electron chi connectivity index (χ3n) is 5.37. The Balaban J connectivity index is 1.42. The van der Waals surface area contributed by atoms with Gasteiger partial charge in [0.1, 0.15) is 0 Å². The van der Waals surface area contributed by atoms with E-state index in [4.69, 9.17) is 0 Å². The maximum Gasteiger partial charge on any atom is 0.251 e. The lowest BCUT2D eigenvalue weighted by Gasteiger charge is -2.32. The zero-order chi connectivity index (χ0) is 20.6. The van der Waals surface area contributed by atoms with Gasteiger partial charge >= 0.3 is 0 Å². The molecule has 0 spiro atoms. The van der Waals surface area contributed by atoms with Crippen molar-refractivity contribution in [2.75, 3.05) is 33.7 Å². The average Bonchev–Trinajstić information content (AvgIpc) is 3.23. The zero-order valence-corrected chi connectivity index (χ0v) is 18.3. The third kappa shape index (κ3) is 5.81. The van der Waals surface area contributed by atoms with Gasteiger partial charge in [-0.15, -0.1) is 11.3 Å². The summed E-state index contributed by atoms with van der Waals surface area (Å²) in [5, 5.41) is 11.7. The van der Waals surface area contributed by atoms with Crippen molar-refractivity contribution in [3.05, 3.63) is 57.3 Å². The van der Waals surface area contributed by atoms with Crippen LogP contribution in [0.4, 0.5) is 0 Å². The number of nitrogens with zero attached hydrogens (tertiary/aromatic N) is 2. The van der Waals surface area contributed by atoms with Crippen LogP contribution in [0.3, 0.4) is 0 Å². The predicted molar refractivity (Wildman–Crippen MR) is 121 cm³/mol. The first kappa shape index (κ1) is 21.3. The summed E-state index contributed by atoms with van der Waals surface area (Å²) in [6, 6.07) is 10.4. The van der Waals surface area contributed by atoms with Crippen molar-refractivity contribution in [2.24, 2.45) is 4.99 Å². The SMILES string of the molecule is CN=C(NCCc1cccc(C(=O)NC)c1)NCC(C)N1CCc2sccc2C1. The number of fused-ring (bicyclic) bond motifs is 1. The summed E-state index contributed by atoms with van der Waals surface area (Å²) < 4.78 is 0. The second kappa shape index (κ2) is 10.4. The van der Waals surface area contributed by atoms with Crippen molar-refractivity contribution in [2.45, 2.75) is 32.4 Å². The molecule has 0 bridgehead atoms. The number of hydrogen-bond acceptors (Lipinski definition) is 4. The average molecular weight is 414 g/mol. The lowest BCUT2D eigenvalue weighted by atomic mass is 10.1. The fourth-order valence-electron chi connectivity index (χ4n) is 3.58. The van der Waals surface area contributed by atoms with Crippen LogP contribution in [0.5, 0.6) is 0 Å². The number of guanidine groups is 1. The van der Waals surface area contributed by atoms with Gasteiger partial charge in [0, 0.05) is 56.8 Å². The molecule has 0 fully saturated rings. The number of thiophene rings is 1. The van der Waals surface area contributed by atoms with E-state index in [0.717, 1.165) is 50.5 Å². The molecule has 6 nitrogen and oxygen atoms in total. The summed E-state index contributed by atoms with van der Waals surface area (Å²) in [7, 11) is 3.45. The molecular weight excluding hydrogens is 382 g/mol. The van der Waals surface area contributed by atoms with E-state index in [1.807, 2.05) is 35.6 Å². The van der Waals surface area contributed by atoms with E-state index in [1.54, 1.807) is 19.0 Å². The van der Waals surface area contributed by atoms with Crippen molar-refractivity contribution in [3.63, 3.8) is 0 Å². The highest BCUT2D eigenvalue weighted by molar-refractivity contribution is 7.10. The van der Waals surface area contributed by atoms with Gasteiger partial charge in [-0.1, -0.05) is 12.1 Å². The standard InChI is InChI=1S/C22H31N5OS/c1-16(27-11-8-20-19(15-27)9-12-29-20)14-26-22(24-3)25-10-7-17-5-4-6-18(13-17)21(28)23-2/h4-6,9,12-13,16H,7-8,10-11,14-15H2,1-3H3,(H,23,28)(H2,24,25,26). The van der Waals surface area contributed by atoms with Gasteiger partial charge in [0.15, 0.2) is 5.96 Å². The Morgan fingerprint density at radius 3 is 2.97 bits per heavy atom. The molecular formula is C22H31N5OS. The predicted octanol–water partition coefficient (Wildman–Crippen LogP) is 2.26. The molecule has 1 aromatic heterocycles. The van der Waals surface area contributed by atoms with Crippen molar-refractivity contribution < 1.29 is 4.79 Å². The third-order valence-corrected chi connectivity index (χ3v) is 6.39. The minimum atomic E-state index is -0.0569. The highest BCUT2D eigenvalue weighted by Crippen LogP contribution is 2.24. The highest BCUT2D eigenvalue weighted by Gasteiger charge is 2.21. The Kier molecular flexibility index (Phi) is 7.66. The van der Waals surface area contributed by atoms with Crippen LogP contribution < -0.4 is 16.0 Å². The van der Waals surface area contributed by atoms with E-state index >= 15 is 0 Å². The molecule has 1 unspecified atom stereocenters. The molecule has 3 N–H and O–H groups in total. The lowest BCUT2D eigenvalue weighted by Crippen LogP contribution is -2.47. The quantitative estimate of drug-likeness (QED) is 0.481. The maximum atomic E-state index is 11.8. The smallest absolute Gasteiger partial charge is 0.251 e. The second-order valence-electron chi connectivity index (χ2n) is 7.35. The van der Waals surface area contributed by atoms with Crippen LogP contribution in [0.25, 0.3) is 0 Å². The summed E-state index contributed by atoms with van der Waals surface area (Å²) >= 11 is 1.88. The van der Waals surface area contributed by atoms with Gasteiger partial charge in [-0.05, 0) is 54.5 Å². The Hall–Kier alpha value is -2.38. The van der Waals surface area contributed by atoms with Gasteiger partial charge in [-0.25, -0.2) is 0 Å². The van der Waals surface area contributed by atoms with Gasteiger partial charge in [-0.3, -0.25) is 14.7 Å². The summed E-state index contributed by atoms with van der Waals surface area (Å²) in [6.07, 6.45) is 1.98. The van der Waals surface area contributed by atoms with E-state index in [-0.39, 0.29) is 5.91 Å². The maximum absolute atomic E-state index is 11.8. The first-order chi connectivity index (χ1) is 14.1. The van der Waals surface area contributed by atoms with Crippen LogP contribution >= 0.6 is 11.3 Å². The van der Waals surface area contributed by atoms with Crippen LogP contribution in [0.15, 0.2) is 40.7 Å². The van der Waals surface area contributed by atoms with E-state index in [0.29, 0.717) is 11.6 Å². The normalized spacial score (nSPS) is 15.5. The van der Waals surface area contributed by atoms with E-state index in [2.05, 4.69) is 44.2 Å². The molecule has 3 rings (SSSR count). The van der Waals surface area contributed by atoms with E-state index in [9.17, 15) is 4.79 Å². The highest BCUT2D eigenvalue weighted by atomic mass is 32.1. The van der Waals surface area contributed by atoms with Crippen molar-refractivity contribution in [1.82, 2.24) is 20.9 Å². The molecule has 1 aliphatic rings. The number of carbonyl (C=O) groups is 1. The number of nitrogens with one attached hydrogen (secondary N) is 3. The van der Waals surface area contributed by atoms with Gasteiger partial charge in [0.05, 0.1) is 0 Å². The van der Waals surface area contributed by atoms with E-state index in [1.165, 1.54) is 5.56 Å². The summed E-state index contributed by atoms with van der Waals surface area (Å²) in [5.41, 5.74) is 3.30.